The van der Waals surface area contributed by atoms with Gasteiger partial charge in [0.05, 0.1) is 6.61 Å². The van der Waals surface area contributed by atoms with Crippen molar-refractivity contribution in [1.29, 1.82) is 0 Å². The van der Waals surface area contributed by atoms with E-state index < -0.39 is 0 Å². The van der Waals surface area contributed by atoms with E-state index in [1.165, 1.54) is 12.1 Å². The van der Waals surface area contributed by atoms with Gasteiger partial charge in [-0.3, -0.25) is 0 Å². The molecule has 0 saturated heterocycles. The molecule has 2 N–H and O–H groups in total. The third-order valence-corrected chi connectivity index (χ3v) is 3.38. The number of aliphatic hydroxyl groups is 1. The lowest BCUT2D eigenvalue weighted by atomic mass is 10.1. The fourth-order valence-corrected chi connectivity index (χ4v) is 1.89. The van der Waals surface area contributed by atoms with Crippen molar-refractivity contribution in [3.63, 3.8) is 0 Å². The van der Waals surface area contributed by atoms with Crippen LogP contribution >= 0.6 is 0 Å². The number of hydrogen-bond donors (Lipinski definition) is 2. The molecule has 0 bridgehead atoms. The highest BCUT2D eigenvalue weighted by Gasteiger charge is 2.14. The second-order valence-corrected chi connectivity index (χ2v) is 5.96. The summed E-state index contributed by atoms with van der Waals surface area (Å²) in [6.07, 6.45) is 0. The summed E-state index contributed by atoms with van der Waals surface area (Å²) in [6.45, 7) is 5.03. The van der Waals surface area contributed by atoms with Crippen molar-refractivity contribution in [3.05, 3.63) is 65.5 Å². The smallest absolute Gasteiger partial charge is 0.123 e. The average molecular weight is 303 g/mol. The van der Waals surface area contributed by atoms with E-state index in [4.69, 9.17) is 4.74 Å². The van der Waals surface area contributed by atoms with Gasteiger partial charge in [0.15, 0.2) is 0 Å². The molecule has 0 unspecified atom stereocenters. The molecule has 0 aliphatic carbocycles. The van der Waals surface area contributed by atoms with Gasteiger partial charge < -0.3 is 15.2 Å². The number of nitrogens with one attached hydrogen (secondary N) is 1. The van der Waals surface area contributed by atoms with Gasteiger partial charge in [0.2, 0.25) is 0 Å². The summed E-state index contributed by atoms with van der Waals surface area (Å²) >= 11 is 0. The van der Waals surface area contributed by atoms with Crippen LogP contribution in [0.5, 0.6) is 5.75 Å². The zero-order valence-corrected chi connectivity index (χ0v) is 13.0. The van der Waals surface area contributed by atoms with E-state index in [-0.39, 0.29) is 18.0 Å². The van der Waals surface area contributed by atoms with E-state index in [0.717, 1.165) is 16.9 Å². The Kier molecular flexibility index (Phi) is 5.52. The van der Waals surface area contributed by atoms with Crippen molar-refractivity contribution < 1.29 is 14.2 Å². The molecule has 0 atom stereocenters. The predicted molar refractivity (Wildman–Crippen MR) is 85.2 cm³/mol. The average Bonchev–Trinajstić information content (AvgIpc) is 2.53. The fourth-order valence-electron chi connectivity index (χ4n) is 1.89. The standard InChI is InChI=1S/C18H22FNO2/c1-18(2,13-21)20-11-15-4-3-5-17(10-15)22-12-14-6-8-16(19)9-7-14/h3-10,20-21H,11-13H2,1-2H3. The predicted octanol–water partition coefficient (Wildman–Crippen LogP) is 3.27. The number of rotatable bonds is 7. The Morgan fingerprint density at radius 3 is 2.50 bits per heavy atom. The lowest BCUT2D eigenvalue weighted by Crippen LogP contribution is -2.42. The molecule has 0 heterocycles. The Bertz CT molecular complexity index is 596. The SMILES string of the molecule is CC(C)(CO)NCc1cccc(OCc2ccc(F)cc2)c1. The molecule has 22 heavy (non-hydrogen) atoms. The quantitative estimate of drug-likeness (QED) is 0.825. The molecule has 118 valence electrons. The van der Waals surface area contributed by atoms with Gasteiger partial charge in [-0.25, -0.2) is 4.39 Å². The first-order chi connectivity index (χ1) is 10.5. The Balaban J connectivity index is 1.92. The lowest BCUT2D eigenvalue weighted by Gasteiger charge is -2.23. The summed E-state index contributed by atoms with van der Waals surface area (Å²) in [7, 11) is 0. The van der Waals surface area contributed by atoms with Crippen molar-refractivity contribution in [1.82, 2.24) is 5.32 Å². The van der Waals surface area contributed by atoms with Crippen LogP contribution in [0, 0.1) is 5.82 Å². The third-order valence-electron chi connectivity index (χ3n) is 3.38. The third kappa shape index (κ3) is 5.13. The summed E-state index contributed by atoms with van der Waals surface area (Å²) in [5, 5.41) is 12.5. The molecule has 0 aliphatic heterocycles. The second kappa shape index (κ2) is 7.38. The number of hydrogen-bond acceptors (Lipinski definition) is 3. The van der Waals surface area contributed by atoms with Gasteiger partial charge in [0.25, 0.3) is 0 Å². The molecule has 4 heteroatoms. The summed E-state index contributed by atoms with van der Waals surface area (Å²) in [5.74, 6) is 0.522. The van der Waals surface area contributed by atoms with Crippen molar-refractivity contribution >= 4 is 0 Å². The number of benzene rings is 2. The molecule has 0 amide bonds. The maximum Gasteiger partial charge on any atom is 0.123 e. The molecule has 0 aromatic heterocycles. The van der Waals surface area contributed by atoms with Crippen LogP contribution in [-0.4, -0.2) is 17.3 Å². The molecule has 0 fully saturated rings. The highest BCUT2D eigenvalue weighted by molar-refractivity contribution is 5.29. The molecule has 3 nitrogen and oxygen atoms in total. The van der Waals surface area contributed by atoms with Crippen molar-refractivity contribution in [2.45, 2.75) is 32.5 Å². The summed E-state index contributed by atoms with van der Waals surface area (Å²) < 4.78 is 18.6. The van der Waals surface area contributed by atoms with E-state index in [1.807, 2.05) is 38.1 Å². The Morgan fingerprint density at radius 2 is 1.82 bits per heavy atom. The van der Waals surface area contributed by atoms with Gasteiger partial charge >= 0.3 is 0 Å². The molecule has 2 rings (SSSR count). The van der Waals surface area contributed by atoms with Gasteiger partial charge in [-0.2, -0.15) is 0 Å². The first-order valence-corrected chi connectivity index (χ1v) is 7.30. The van der Waals surface area contributed by atoms with Crippen LogP contribution in [0.4, 0.5) is 4.39 Å². The number of halogens is 1. The first-order valence-electron chi connectivity index (χ1n) is 7.30. The van der Waals surface area contributed by atoms with Crippen LogP contribution in [0.1, 0.15) is 25.0 Å². The Morgan fingerprint density at radius 1 is 1.09 bits per heavy atom. The molecular formula is C18H22FNO2. The van der Waals surface area contributed by atoms with Crippen LogP contribution in [0.2, 0.25) is 0 Å². The number of aliphatic hydroxyl groups excluding tert-OH is 1. The number of ether oxygens (including phenoxy) is 1. The van der Waals surface area contributed by atoms with Crippen LogP contribution in [0.25, 0.3) is 0 Å². The van der Waals surface area contributed by atoms with E-state index >= 15 is 0 Å². The minimum Gasteiger partial charge on any atom is -0.489 e. The molecule has 2 aromatic rings. The van der Waals surface area contributed by atoms with Crippen LogP contribution < -0.4 is 10.1 Å². The van der Waals surface area contributed by atoms with Crippen molar-refractivity contribution in [2.75, 3.05) is 6.61 Å². The first kappa shape index (κ1) is 16.5. The second-order valence-electron chi connectivity index (χ2n) is 5.96. The minimum atomic E-state index is -0.315. The maximum absolute atomic E-state index is 12.8. The summed E-state index contributed by atoms with van der Waals surface area (Å²) in [5.41, 5.74) is 1.69. The Hall–Kier alpha value is -1.91. The highest BCUT2D eigenvalue weighted by Crippen LogP contribution is 2.16. The normalized spacial score (nSPS) is 11.5. The maximum atomic E-state index is 12.8. The van der Waals surface area contributed by atoms with E-state index in [1.54, 1.807) is 12.1 Å². The van der Waals surface area contributed by atoms with Crippen molar-refractivity contribution in [3.8, 4) is 5.75 Å². The van der Waals surface area contributed by atoms with Gasteiger partial charge in [0.1, 0.15) is 18.2 Å². The van der Waals surface area contributed by atoms with Crippen LogP contribution in [-0.2, 0) is 13.2 Å². The monoisotopic (exact) mass is 303 g/mol. The minimum absolute atomic E-state index is 0.0771. The fraction of sp³-hybridized carbons (Fsp3) is 0.333. The molecule has 0 spiro atoms. The summed E-state index contributed by atoms with van der Waals surface area (Å²) in [6, 6.07) is 14.1. The zero-order valence-electron chi connectivity index (χ0n) is 13.0. The Labute approximate surface area is 130 Å². The molecule has 0 aliphatic rings. The highest BCUT2D eigenvalue weighted by atomic mass is 19.1. The van der Waals surface area contributed by atoms with Gasteiger partial charge in [0, 0.05) is 12.1 Å². The summed E-state index contributed by atoms with van der Waals surface area (Å²) in [4.78, 5) is 0. The molecular weight excluding hydrogens is 281 g/mol. The molecule has 2 aromatic carbocycles. The zero-order chi connectivity index (χ0) is 16.0. The van der Waals surface area contributed by atoms with Gasteiger partial charge in [-0.15, -0.1) is 0 Å². The van der Waals surface area contributed by atoms with Crippen LogP contribution in [0.3, 0.4) is 0 Å². The molecule has 0 saturated carbocycles. The topological polar surface area (TPSA) is 41.5 Å². The van der Waals surface area contributed by atoms with E-state index in [9.17, 15) is 9.50 Å². The molecule has 0 radical (unpaired) electrons. The van der Waals surface area contributed by atoms with Gasteiger partial charge in [-0.05, 0) is 49.2 Å². The lowest BCUT2D eigenvalue weighted by molar-refractivity contribution is 0.187. The largest absolute Gasteiger partial charge is 0.489 e. The van der Waals surface area contributed by atoms with Crippen LogP contribution in [0.15, 0.2) is 48.5 Å². The van der Waals surface area contributed by atoms with E-state index in [2.05, 4.69) is 5.32 Å². The van der Waals surface area contributed by atoms with E-state index in [0.29, 0.717) is 13.2 Å². The van der Waals surface area contributed by atoms with Crippen molar-refractivity contribution in [2.24, 2.45) is 0 Å². The van der Waals surface area contributed by atoms with Gasteiger partial charge in [-0.1, -0.05) is 24.3 Å².